The second-order valence-corrected chi connectivity index (χ2v) is 6.14. The average Bonchev–Trinajstić information content (AvgIpc) is 2.29. The molecule has 1 aromatic rings. The van der Waals surface area contributed by atoms with E-state index in [1.165, 1.54) is 28.6 Å². The van der Waals surface area contributed by atoms with Crippen LogP contribution in [0.1, 0.15) is 0 Å². The fourth-order valence-corrected chi connectivity index (χ4v) is 3.28. The standard InChI is InChI=1S/C11H16N2O3S/c1-12-5-7-13(8-6-12)17(15,16)11-4-2-3-10(14)9-11/h2-4,9,14H,5-8H2,1H3. The molecule has 1 heterocycles. The van der Waals surface area contributed by atoms with Crippen LogP contribution in [-0.2, 0) is 10.0 Å². The van der Waals surface area contributed by atoms with E-state index in [4.69, 9.17) is 0 Å². The van der Waals surface area contributed by atoms with E-state index in [2.05, 4.69) is 4.90 Å². The van der Waals surface area contributed by atoms with Gasteiger partial charge in [-0.3, -0.25) is 0 Å². The number of phenols is 1. The Kier molecular flexibility index (Phi) is 3.37. The number of sulfonamides is 1. The Balaban J connectivity index is 2.25. The zero-order chi connectivity index (χ0) is 12.5. The molecular formula is C11H16N2O3S. The number of rotatable bonds is 2. The highest BCUT2D eigenvalue weighted by Gasteiger charge is 2.27. The first-order valence-electron chi connectivity index (χ1n) is 5.48. The minimum atomic E-state index is -3.46. The van der Waals surface area contributed by atoms with Crippen molar-refractivity contribution in [3.8, 4) is 5.75 Å². The Morgan fingerprint density at radius 1 is 1.18 bits per heavy atom. The van der Waals surface area contributed by atoms with Crippen LogP contribution in [0.25, 0.3) is 0 Å². The van der Waals surface area contributed by atoms with Crippen LogP contribution < -0.4 is 0 Å². The maximum absolute atomic E-state index is 12.2. The molecule has 0 atom stereocenters. The molecule has 0 aliphatic carbocycles. The van der Waals surface area contributed by atoms with Gasteiger partial charge in [0.1, 0.15) is 5.75 Å². The van der Waals surface area contributed by atoms with E-state index in [1.54, 1.807) is 0 Å². The number of aromatic hydroxyl groups is 1. The van der Waals surface area contributed by atoms with Gasteiger partial charge in [0, 0.05) is 26.2 Å². The molecule has 1 N–H and O–H groups in total. The molecular weight excluding hydrogens is 240 g/mol. The molecule has 1 aliphatic heterocycles. The van der Waals surface area contributed by atoms with Crippen molar-refractivity contribution in [2.24, 2.45) is 0 Å². The summed E-state index contributed by atoms with van der Waals surface area (Å²) in [6.07, 6.45) is 0. The number of benzene rings is 1. The number of hydrogen-bond acceptors (Lipinski definition) is 4. The molecule has 1 fully saturated rings. The van der Waals surface area contributed by atoms with Crippen molar-refractivity contribution in [2.75, 3.05) is 33.2 Å². The van der Waals surface area contributed by atoms with Crippen LogP contribution in [0.3, 0.4) is 0 Å². The van der Waals surface area contributed by atoms with Gasteiger partial charge in [-0.05, 0) is 25.2 Å². The van der Waals surface area contributed by atoms with E-state index in [0.29, 0.717) is 13.1 Å². The lowest BCUT2D eigenvalue weighted by atomic mass is 10.3. The number of likely N-dealkylation sites (N-methyl/N-ethyl adjacent to an activating group) is 1. The minimum absolute atomic E-state index is 0.0276. The molecule has 94 valence electrons. The van der Waals surface area contributed by atoms with Gasteiger partial charge in [0.25, 0.3) is 0 Å². The van der Waals surface area contributed by atoms with Crippen molar-refractivity contribution >= 4 is 10.0 Å². The van der Waals surface area contributed by atoms with Gasteiger partial charge in [-0.25, -0.2) is 8.42 Å². The summed E-state index contributed by atoms with van der Waals surface area (Å²) in [5.41, 5.74) is 0. The Morgan fingerprint density at radius 3 is 2.41 bits per heavy atom. The third kappa shape index (κ3) is 2.59. The lowest BCUT2D eigenvalue weighted by Gasteiger charge is -2.31. The summed E-state index contributed by atoms with van der Waals surface area (Å²) < 4.78 is 25.9. The largest absolute Gasteiger partial charge is 0.508 e. The Morgan fingerprint density at radius 2 is 1.82 bits per heavy atom. The summed E-state index contributed by atoms with van der Waals surface area (Å²) in [7, 11) is -1.49. The molecule has 17 heavy (non-hydrogen) atoms. The third-order valence-electron chi connectivity index (χ3n) is 2.92. The van der Waals surface area contributed by atoms with Gasteiger partial charge >= 0.3 is 0 Å². The molecule has 5 nitrogen and oxygen atoms in total. The van der Waals surface area contributed by atoms with Gasteiger partial charge < -0.3 is 10.0 Å². The summed E-state index contributed by atoms with van der Waals surface area (Å²) in [4.78, 5) is 2.25. The highest BCUT2D eigenvalue weighted by atomic mass is 32.2. The molecule has 0 radical (unpaired) electrons. The minimum Gasteiger partial charge on any atom is -0.508 e. The van der Waals surface area contributed by atoms with Crippen LogP contribution >= 0.6 is 0 Å². The quantitative estimate of drug-likeness (QED) is 0.828. The monoisotopic (exact) mass is 256 g/mol. The summed E-state index contributed by atoms with van der Waals surface area (Å²) in [6, 6.07) is 5.79. The molecule has 1 aliphatic rings. The first-order chi connectivity index (χ1) is 8.00. The highest BCUT2D eigenvalue weighted by Crippen LogP contribution is 2.20. The number of nitrogens with zero attached hydrogens (tertiary/aromatic N) is 2. The highest BCUT2D eigenvalue weighted by molar-refractivity contribution is 7.89. The summed E-state index contributed by atoms with van der Waals surface area (Å²) >= 11 is 0. The van der Waals surface area contributed by atoms with Crippen LogP contribution in [0.2, 0.25) is 0 Å². The average molecular weight is 256 g/mol. The zero-order valence-electron chi connectivity index (χ0n) is 9.70. The van der Waals surface area contributed by atoms with Gasteiger partial charge in [-0.15, -0.1) is 0 Å². The van der Waals surface area contributed by atoms with Gasteiger partial charge in [-0.1, -0.05) is 6.07 Å². The van der Waals surface area contributed by atoms with Gasteiger partial charge in [-0.2, -0.15) is 4.31 Å². The lowest BCUT2D eigenvalue weighted by Crippen LogP contribution is -2.46. The second kappa shape index (κ2) is 4.64. The normalized spacial score (nSPS) is 19.4. The molecule has 0 saturated carbocycles. The maximum atomic E-state index is 12.2. The van der Waals surface area contributed by atoms with E-state index < -0.39 is 10.0 Å². The zero-order valence-corrected chi connectivity index (χ0v) is 10.5. The van der Waals surface area contributed by atoms with E-state index >= 15 is 0 Å². The molecule has 1 aromatic carbocycles. The van der Waals surface area contributed by atoms with E-state index in [0.717, 1.165) is 13.1 Å². The SMILES string of the molecule is CN1CCN(S(=O)(=O)c2cccc(O)c2)CC1. The van der Waals surface area contributed by atoms with Crippen molar-refractivity contribution in [1.29, 1.82) is 0 Å². The molecule has 1 saturated heterocycles. The molecule has 6 heteroatoms. The van der Waals surface area contributed by atoms with Crippen molar-refractivity contribution < 1.29 is 13.5 Å². The molecule has 0 unspecified atom stereocenters. The van der Waals surface area contributed by atoms with Crippen LogP contribution in [-0.4, -0.2) is 56.0 Å². The van der Waals surface area contributed by atoms with Crippen molar-refractivity contribution in [2.45, 2.75) is 4.90 Å². The van der Waals surface area contributed by atoms with Gasteiger partial charge in [0.2, 0.25) is 10.0 Å². The van der Waals surface area contributed by atoms with E-state index in [1.807, 2.05) is 7.05 Å². The Hall–Kier alpha value is -1.11. The molecule has 2 rings (SSSR count). The van der Waals surface area contributed by atoms with Crippen LogP contribution in [0.15, 0.2) is 29.2 Å². The predicted octanol–water partition coefficient (Wildman–Crippen LogP) is 0.328. The fraction of sp³-hybridized carbons (Fsp3) is 0.455. The molecule has 0 aromatic heterocycles. The van der Waals surface area contributed by atoms with Crippen LogP contribution in [0.5, 0.6) is 5.75 Å². The third-order valence-corrected chi connectivity index (χ3v) is 4.81. The second-order valence-electron chi connectivity index (χ2n) is 4.20. The smallest absolute Gasteiger partial charge is 0.243 e. The fourth-order valence-electron chi connectivity index (χ4n) is 1.82. The van der Waals surface area contributed by atoms with Gasteiger partial charge in [0.15, 0.2) is 0 Å². The topological polar surface area (TPSA) is 60.9 Å². The summed E-state index contributed by atoms with van der Waals surface area (Å²) in [5, 5.41) is 9.33. The van der Waals surface area contributed by atoms with Gasteiger partial charge in [0.05, 0.1) is 4.90 Å². The van der Waals surface area contributed by atoms with Crippen molar-refractivity contribution in [3.05, 3.63) is 24.3 Å². The van der Waals surface area contributed by atoms with E-state index in [-0.39, 0.29) is 10.6 Å². The van der Waals surface area contributed by atoms with Crippen LogP contribution in [0.4, 0.5) is 0 Å². The van der Waals surface area contributed by atoms with E-state index in [9.17, 15) is 13.5 Å². The number of hydrogen-bond donors (Lipinski definition) is 1. The summed E-state index contributed by atoms with van der Waals surface area (Å²) in [5.74, 6) is -0.0276. The van der Waals surface area contributed by atoms with Crippen molar-refractivity contribution in [3.63, 3.8) is 0 Å². The maximum Gasteiger partial charge on any atom is 0.243 e. The molecule has 0 amide bonds. The molecule has 0 bridgehead atoms. The summed E-state index contributed by atoms with van der Waals surface area (Å²) in [6.45, 7) is 2.46. The first-order valence-corrected chi connectivity index (χ1v) is 6.92. The number of phenolic OH excluding ortho intramolecular Hbond substituents is 1. The Bertz CT molecular complexity index is 493. The van der Waals surface area contributed by atoms with Crippen molar-refractivity contribution in [1.82, 2.24) is 9.21 Å². The molecule has 0 spiro atoms. The number of piperazine rings is 1. The lowest BCUT2D eigenvalue weighted by molar-refractivity contribution is 0.222. The van der Waals surface area contributed by atoms with Crippen LogP contribution in [0, 0.1) is 0 Å². The predicted molar refractivity (Wildman–Crippen MR) is 64.4 cm³/mol. The first kappa shape index (κ1) is 12.3. The Labute approximate surface area is 101 Å².